The molecule has 0 amide bonds. The van der Waals surface area contributed by atoms with Gasteiger partial charge in [0.25, 0.3) is 0 Å². The summed E-state index contributed by atoms with van der Waals surface area (Å²) < 4.78 is 38.1. The van der Waals surface area contributed by atoms with E-state index in [4.69, 9.17) is 0 Å². The number of guanidine groups is 1. The molecule has 0 spiro atoms. The Balaban J connectivity index is 1.47. The molecule has 3 rings (SSSR count). The fourth-order valence-corrected chi connectivity index (χ4v) is 4.13. The van der Waals surface area contributed by atoms with Crippen LogP contribution < -0.4 is 10.2 Å². The quantitative estimate of drug-likeness (QED) is 0.414. The van der Waals surface area contributed by atoms with Gasteiger partial charge in [0.05, 0.1) is 6.54 Å². The fraction of sp³-hybridized carbons (Fsp3) is 0.591. The van der Waals surface area contributed by atoms with E-state index in [-0.39, 0.29) is 5.92 Å². The first-order chi connectivity index (χ1) is 14.4. The first kappa shape index (κ1) is 22.5. The van der Waals surface area contributed by atoms with Crippen molar-refractivity contribution in [1.82, 2.24) is 15.1 Å². The van der Waals surface area contributed by atoms with Crippen LogP contribution in [0.25, 0.3) is 0 Å². The number of anilines is 1. The van der Waals surface area contributed by atoms with Gasteiger partial charge in [-0.25, -0.2) is 0 Å². The van der Waals surface area contributed by atoms with Crippen molar-refractivity contribution in [2.75, 3.05) is 57.8 Å². The number of hydrogen-bond acceptors (Lipinski definition) is 3. The zero-order valence-electron chi connectivity index (χ0n) is 17.8. The minimum atomic E-state index is -4.15. The normalized spacial score (nSPS) is 19.9. The van der Waals surface area contributed by atoms with Crippen LogP contribution in [0.1, 0.15) is 18.9 Å². The highest BCUT2D eigenvalue weighted by molar-refractivity contribution is 5.80. The van der Waals surface area contributed by atoms with Gasteiger partial charge in [-0.2, -0.15) is 13.2 Å². The van der Waals surface area contributed by atoms with E-state index in [0.29, 0.717) is 19.6 Å². The maximum Gasteiger partial charge on any atom is 0.401 e. The summed E-state index contributed by atoms with van der Waals surface area (Å²) >= 11 is 0. The monoisotopic (exact) mass is 423 g/mol. The van der Waals surface area contributed by atoms with Crippen LogP contribution in [0.15, 0.2) is 41.4 Å². The molecule has 0 bridgehead atoms. The van der Waals surface area contributed by atoms with Crippen LogP contribution in [-0.2, 0) is 6.54 Å². The maximum atomic E-state index is 12.7. The van der Waals surface area contributed by atoms with Gasteiger partial charge >= 0.3 is 6.18 Å². The van der Waals surface area contributed by atoms with Crippen LogP contribution >= 0.6 is 0 Å². The lowest BCUT2D eigenvalue weighted by atomic mass is 10.1. The molecule has 5 nitrogen and oxygen atoms in total. The third kappa shape index (κ3) is 6.39. The molecule has 1 atom stereocenters. The van der Waals surface area contributed by atoms with Crippen molar-refractivity contribution in [1.29, 1.82) is 0 Å². The Morgan fingerprint density at radius 1 is 1.20 bits per heavy atom. The second kappa shape index (κ2) is 10.2. The van der Waals surface area contributed by atoms with Crippen molar-refractivity contribution >= 4 is 11.6 Å². The Morgan fingerprint density at radius 2 is 1.90 bits per heavy atom. The number of halogens is 3. The zero-order valence-corrected chi connectivity index (χ0v) is 17.8. The minimum absolute atomic E-state index is 0.221. The molecule has 8 heteroatoms. The third-order valence-electron chi connectivity index (χ3n) is 5.73. The molecule has 1 aromatic carbocycles. The lowest BCUT2D eigenvalue weighted by Crippen LogP contribution is -2.41. The molecule has 1 unspecified atom stereocenters. The van der Waals surface area contributed by atoms with Crippen molar-refractivity contribution in [3.8, 4) is 0 Å². The summed E-state index contributed by atoms with van der Waals surface area (Å²) in [6.07, 6.45) is 1.08. The standard InChI is InChI=1S/C22H32F3N5/c1-3-28(17-22(23,24)25)15-19-10-13-30(16-19)21(26-2)27-14-18-6-8-20(9-7-18)29-11-4-5-12-29/h4-9,19H,3,10-17H2,1-2H3,(H,26,27). The number of likely N-dealkylation sites (tertiary alicyclic amines) is 1. The fourth-order valence-electron chi connectivity index (χ4n) is 4.13. The summed E-state index contributed by atoms with van der Waals surface area (Å²) in [4.78, 5) is 10.3. The first-order valence-electron chi connectivity index (χ1n) is 10.6. The summed E-state index contributed by atoms with van der Waals surface area (Å²) in [5, 5.41) is 3.40. The second-order valence-corrected chi connectivity index (χ2v) is 7.99. The van der Waals surface area contributed by atoms with Gasteiger partial charge in [0.15, 0.2) is 5.96 Å². The average Bonchev–Trinajstić information content (AvgIpc) is 3.40. The van der Waals surface area contributed by atoms with E-state index in [1.165, 1.54) is 16.2 Å². The number of nitrogens with one attached hydrogen (secondary N) is 1. The van der Waals surface area contributed by atoms with Gasteiger partial charge in [0.2, 0.25) is 0 Å². The van der Waals surface area contributed by atoms with E-state index < -0.39 is 12.7 Å². The number of rotatable bonds is 7. The van der Waals surface area contributed by atoms with Crippen LogP contribution in [0.3, 0.4) is 0 Å². The van der Waals surface area contributed by atoms with Gasteiger partial charge in [-0.15, -0.1) is 0 Å². The Morgan fingerprint density at radius 3 is 2.50 bits per heavy atom. The topological polar surface area (TPSA) is 34.1 Å². The van der Waals surface area contributed by atoms with E-state index >= 15 is 0 Å². The Labute approximate surface area is 177 Å². The van der Waals surface area contributed by atoms with E-state index in [1.807, 2.05) is 0 Å². The van der Waals surface area contributed by atoms with E-state index in [9.17, 15) is 13.2 Å². The summed E-state index contributed by atoms with van der Waals surface area (Å²) in [6, 6.07) is 8.52. The highest BCUT2D eigenvalue weighted by Gasteiger charge is 2.33. The van der Waals surface area contributed by atoms with Gasteiger partial charge in [-0.1, -0.05) is 31.2 Å². The summed E-state index contributed by atoms with van der Waals surface area (Å²) in [7, 11) is 1.75. The third-order valence-corrected chi connectivity index (χ3v) is 5.73. The number of aliphatic imine (C=N–C) groups is 1. The summed E-state index contributed by atoms with van der Waals surface area (Å²) in [6.45, 7) is 5.95. The molecule has 0 saturated carbocycles. The summed E-state index contributed by atoms with van der Waals surface area (Å²) in [5.74, 6) is 1.03. The predicted molar refractivity (Wildman–Crippen MR) is 116 cm³/mol. The van der Waals surface area contributed by atoms with Gasteiger partial charge in [-0.05, 0) is 36.6 Å². The molecular weight excluding hydrogens is 391 g/mol. The lowest BCUT2D eigenvalue weighted by Gasteiger charge is -2.26. The smallest absolute Gasteiger partial charge is 0.364 e. The Kier molecular flexibility index (Phi) is 7.64. The molecule has 0 aromatic heterocycles. The molecule has 2 heterocycles. The van der Waals surface area contributed by atoms with Gasteiger partial charge in [-0.3, -0.25) is 9.89 Å². The van der Waals surface area contributed by atoms with Crippen molar-refractivity contribution in [3.63, 3.8) is 0 Å². The van der Waals surface area contributed by atoms with Crippen LogP contribution in [-0.4, -0.2) is 74.8 Å². The van der Waals surface area contributed by atoms with Crippen molar-refractivity contribution in [2.24, 2.45) is 10.9 Å². The molecule has 2 aliphatic heterocycles. The molecule has 1 aromatic rings. The molecule has 1 saturated heterocycles. The molecule has 30 heavy (non-hydrogen) atoms. The van der Waals surface area contributed by atoms with Crippen LogP contribution in [0.4, 0.5) is 18.9 Å². The number of nitrogens with zero attached hydrogens (tertiary/aromatic N) is 4. The molecule has 166 valence electrons. The van der Waals surface area contributed by atoms with E-state index in [1.54, 1.807) is 14.0 Å². The van der Waals surface area contributed by atoms with Gasteiger partial charge in [0, 0.05) is 52.0 Å². The number of alkyl halides is 3. The first-order valence-corrected chi connectivity index (χ1v) is 10.6. The minimum Gasteiger partial charge on any atom is -0.364 e. The van der Waals surface area contributed by atoms with E-state index in [2.05, 4.69) is 56.5 Å². The molecule has 0 radical (unpaired) electrons. The van der Waals surface area contributed by atoms with Crippen LogP contribution in [0, 0.1) is 5.92 Å². The molecule has 2 aliphatic rings. The van der Waals surface area contributed by atoms with Crippen molar-refractivity contribution in [3.05, 3.63) is 42.0 Å². The second-order valence-electron chi connectivity index (χ2n) is 7.99. The zero-order chi connectivity index (χ0) is 21.6. The van der Waals surface area contributed by atoms with Crippen molar-refractivity contribution < 1.29 is 13.2 Å². The van der Waals surface area contributed by atoms with E-state index in [0.717, 1.165) is 38.6 Å². The number of benzene rings is 1. The number of hydrogen-bond donors (Lipinski definition) is 1. The molecule has 0 aliphatic carbocycles. The molecular formula is C22H32F3N5. The SMILES string of the molecule is CCN(CC1CCN(C(=NC)NCc2ccc(N3CC=CC3)cc2)C1)CC(F)(F)F. The Bertz CT molecular complexity index is 721. The highest BCUT2D eigenvalue weighted by atomic mass is 19.4. The maximum absolute atomic E-state index is 12.7. The van der Waals surface area contributed by atoms with Gasteiger partial charge < -0.3 is 15.1 Å². The Hall–Kier alpha value is -2.22. The molecule has 1 N–H and O–H groups in total. The largest absolute Gasteiger partial charge is 0.401 e. The predicted octanol–water partition coefficient (Wildman–Crippen LogP) is 3.34. The van der Waals surface area contributed by atoms with Crippen LogP contribution in [0.2, 0.25) is 0 Å². The van der Waals surface area contributed by atoms with Crippen molar-refractivity contribution in [2.45, 2.75) is 26.1 Å². The highest BCUT2D eigenvalue weighted by Crippen LogP contribution is 2.22. The molecule has 1 fully saturated rings. The lowest BCUT2D eigenvalue weighted by molar-refractivity contribution is -0.146. The average molecular weight is 424 g/mol. The van der Waals surface area contributed by atoms with Crippen LogP contribution in [0.5, 0.6) is 0 Å². The van der Waals surface area contributed by atoms with Gasteiger partial charge in [0.1, 0.15) is 0 Å². The summed E-state index contributed by atoms with van der Waals surface area (Å²) in [5.41, 5.74) is 2.39.